The molecular formula is C10H23NO2S. The quantitative estimate of drug-likeness (QED) is 0.612. The van der Waals surface area contributed by atoms with E-state index in [1.165, 1.54) is 0 Å². The molecule has 0 aromatic heterocycles. The van der Waals surface area contributed by atoms with Gasteiger partial charge in [0.15, 0.2) is 0 Å². The maximum atomic E-state index is 9.46. The average Bonchev–Trinajstić information content (AvgIpc) is 2.20. The van der Waals surface area contributed by atoms with E-state index >= 15 is 0 Å². The monoisotopic (exact) mass is 221 g/mol. The Balaban J connectivity index is 3.31. The van der Waals surface area contributed by atoms with Gasteiger partial charge in [0.2, 0.25) is 0 Å². The first-order valence-electron chi connectivity index (χ1n) is 5.18. The Morgan fingerprint density at radius 2 is 2.21 bits per heavy atom. The number of rotatable bonds is 9. The van der Waals surface area contributed by atoms with Gasteiger partial charge in [-0.1, -0.05) is 0 Å². The number of aliphatic hydroxyl groups excluding tert-OH is 1. The van der Waals surface area contributed by atoms with Crippen molar-refractivity contribution in [1.82, 2.24) is 5.32 Å². The van der Waals surface area contributed by atoms with Crippen LogP contribution in [0.2, 0.25) is 0 Å². The standard InChI is InChI=1S/C10H23NO2S/c1-4-13-8-10(12)7-11-9(2)5-6-14-3/h9-12H,4-8H2,1-3H3. The van der Waals surface area contributed by atoms with Gasteiger partial charge >= 0.3 is 0 Å². The number of hydrogen-bond acceptors (Lipinski definition) is 4. The van der Waals surface area contributed by atoms with Crippen LogP contribution in [0.15, 0.2) is 0 Å². The number of ether oxygens (including phenoxy) is 1. The molecule has 0 radical (unpaired) electrons. The molecule has 2 atom stereocenters. The summed E-state index contributed by atoms with van der Waals surface area (Å²) in [5.74, 6) is 1.16. The zero-order chi connectivity index (χ0) is 10.8. The summed E-state index contributed by atoms with van der Waals surface area (Å²) in [4.78, 5) is 0. The van der Waals surface area contributed by atoms with Crippen LogP contribution in [0.5, 0.6) is 0 Å². The van der Waals surface area contributed by atoms with Crippen LogP contribution in [0.1, 0.15) is 20.3 Å². The summed E-state index contributed by atoms with van der Waals surface area (Å²) >= 11 is 1.85. The third-order valence-electron chi connectivity index (χ3n) is 1.97. The summed E-state index contributed by atoms with van der Waals surface area (Å²) in [7, 11) is 0. The summed E-state index contributed by atoms with van der Waals surface area (Å²) in [5, 5.41) is 12.7. The van der Waals surface area contributed by atoms with E-state index in [2.05, 4.69) is 18.5 Å². The summed E-state index contributed by atoms with van der Waals surface area (Å²) in [6.45, 7) is 5.79. The van der Waals surface area contributed by atoms with Crippen molar-refractivity contribution >= 4 is 11.8 Å². The molecule has 3 nitrogen and oxygen atoms in total. The van der Waals surface area contributed by atoms with Crippen molar-refractivity contribution in [2.24, 2.45) is 0 Å². The molecular weight excluding hydrogens is 198 g/mol. The van der Waals surface area contributed by atoms with Crippen molar-refractivity contribution in [2.75, 3.05) is 31.8 Å². The normalized spacial score (nSPS) is 15.4. The number of aliphatic hydroxyl groups is 1. The van der Waals surface area contributed by atoms with Crippen molar-refractivity contribution in [3.05, 3.63) is 0 Å². The summed E-state index contributed by atoms with van der Waals surface area (Å²) < 4.78 is 5.11. The molecule has 0 saturated carbocycles. The highest BCUT2D eigenvalue weighted by Gasteiger charge is 2.06. The zero-order valence-corrected chi connectivity index (χ0v) is 10.3. The lowest BCUT2D eigenvalue weighted by Gasteiger charge is -2.16. The Morgan fingerprint density at radius 3 is 2.79 bits per heavy atom. The van der Waals surface area contributed by atoms with Crippen LogP contribution >= 0.6 is 11.8 Å². The highest BCUT2D eigenvalue weighted by atomic mass is 32.2. The van der Waals surface area contributed by atoms with Gasteiger partial charge in [0.1, 0.15) is 0 Å². The van der Waals surface area contributed by atoms with Crippen LogP contribution < -0.4 is 5.32 Å². The van der Waals surface area contributed by atoms with Crippen molar-refractivity contribution in [3.63, 3.8) is 0 Å². The van der Waals surface area contributed by atoms with Gasteiger partial charge in [-0.15, -0.1) is 0 Å². The van der Waals surface area contributed by atoms with Gasteiger partial charge in [-0.2, -0.15) is 11.8 Å². The van der Waals surface area contributed by atoms with Gasteiger partial charge in [0, 0.05) is 19.2 Å². The predicted octanol–water partition coefficient (Wildman–Crippen LogP) is 1.11. The molecule has 0 heterocycles. The van der Waals surface area contributed by atoms with E-state index in [4.69, 9.17) is 4.74 Å². The molecule has 0 rings (SSSR count). The fourth-order valence-corrected chi connectivity index (χ4v) is 1.64. The van der Waals surface area contributed by atoms with Gasteiger partial charge in [-0.05, 0) is 32.3 Å². The molecule has 0 saturated heterocycles. The van der Waals surface area contributed by atoms with Crippen LogP contribution in [0, 0.1) is 0 Å². The lowest BCUT2D eigenvalue weighted by atomic mass is 10.2. The van der Waals surface area contributed by atoms with Crippen molar-refractivity contribution < 1.29 is 9.84 Å². The number of nitrogens with one attached hydrogen (secondary N) is 1. The smallest absolute Gasteiger partial charge is 0.0897 e. The fraction of sp³-hybridized carbons (Fsp3) is 1.00. The third kappa shape index (κ3) is 8.81. The van der Waals surface area contributed by atoms with Crippen molar-refractivity contribution in [2.45, 2.75) is 32.4 Å². The van der Waals surface area contributed by atoms with Crippen LogP contribution in [0.3, 0.4) is 0 Å². The first kappa shape index (κ1) is 14.2. The van der Waals surface area contributed by atoms with E-state index in [-0.39, 0.29) is 6.10 Å². The molecule has 2 unspecified atom stereocenters. The van der Waals surface area contributed by atoms with Crippen molar-refractivity contribution in [3.8, 4) is 0 Å². The van der Waals surface area contributed by atoms with E-state index < -0.39 is 0 Å². The molecule has 0 spiro atoms. The van der Waals surface area contributed by atoms with Gasteiger partial charge < -0.3 is 15.2 Å². The Morgan fingerprint density at radius 1 is 1.50 bits per heavy atom. The molecule has 14 heavy (non-hydrogen) atoms. The zero-order valence-electron chi connectivity index (χ0n) is 9.45. The van der Waals surface area contributed by atoms with Gasteiger partial charge in [0.05, 0.1) is 12.7 Å². The average molecular weight is 221 g/mol. The molecule has 86 valence electrons. The van der Waals surface area contributed by atoms with Crippen molar-refractivity contribution in [1.29, 1.82) is 0 Å². The second kappa shape index (κ2) is 9.77. The maximum Gasteiger partial charge on any atom is 0.0897 e. The third-order valence-corrected chi connectivity index (χ3v) is 2.62. The minimum atomic E-state index is -0.383. The van der Waals surface area contributed by atoms with Gasteiger partial charge in [-0.25, -0.2) is 0 Å². The Bertz CT molecular complexity index is 111. The molecule has 0 aromatic rings. The van der Waals surface area contributed by atoms with Crippen LogP contribution in [-0.4, -0.2) is 49.0 Å². The van der Waals surface area contributed by atoms with Gasteiger partial charge in [0.25, 0.3) is 0 Å². The first-order valence-corrected chi connectivity index (χ1v) is 6.58. The largest absolute Gasteiger partial charge is 0.389 e. The second-order valence-corrected chi connectivity index (χ2v) is 4.39. The SMILES string of the molecule is CCOCC(O)CNC(C)CCSC. The topological polar surface area (TPSA) is 41.5 Å². The molecule has 0 aliphatic heterocycles. The van der Waals surface area contributed by atoms with Crippen LogP contribution in [0.4, 0.5) is 0 Å². The minimum Gasteiger partial charge on any atom is -0.389 e. The molecule has 0 aliphatic rings. The highest BCUT2D eigenvalue weighted by Crippen LogP contribution is 1.99. The first-order chi connectivity index (χ1) is 6.70. The Hall–Kier alpha value is 0.230. The molecule has 0 fully saturated rings. The lowest BCUT2D eigenvalue weighted by Crippen LogP contribution is -2.36. The molecule has 0 bridgehead atoms. The van der Waals surface area contributed by atoms with Gasteiger partial charge in [-0.3, -0.25) is 0 Å². The van der Waals surface area contributed by atoms with E-state index in [0.29, 0.717) is 25.8 Å². The number of hydrogen-bond donors (Lipinski definition) is 2. The van der Waals surface area contributed by atoms with E-state index in [1.54, 1.807) is 0 Å². The van der Waals surface area contributed by atoms with E-state index in [0.717, 1.165) is 12.2 Å². The Labute approximate surface area is 91.6 Å². The molecule has 2 N–H and O–H groups in total. The van der Waals surface area contributed by atoms with E-state index in [9.17, 15) is 5.11 Å². The molecule has 4 heteroatoms. The summed E-state index contributed by atoms with van der Waals surface area (Å²) in [5.41, 5.74) is 0. The predicted molar refractivity (Wildman–Crippen MR) is 63.0 cm³/mol. The highest BCUT2D eigenvalue weighted by molar-refractivity contribution is 7.98. The van der Waals surface area contributed by atoms with Crippen LogP contribution in [0.25, 0.3) is 0 Å². The number of thioether (sulfide) groups is 1. The maximum absolute atomic E-state index is 9.46. The Kier molecular flexibility index (Phi) is 9.93. The fourth-order valence-electron chi connectivity index (χ4n) is 1.05. The minimum absolute atomic E-state index is 0.383. The molecule has 0 aliphatic carbocycles. The van der Waals surface area contributed by atoms with E-state index in [1.807, 2.05) is 18.7 Å². The lowest BCUT2D eigenvalue weighted by molar-refractivity contribution is 0.0416. The molecule has 0 aromatic carbocycles. The summed E-state index contributed by atoms with van der Waals surface area (Å²) in [6.07, 6.45) is 2.87. The second-order valence-electron chi connectivity index (χ2n) is 3.40. The molecule has 0 amide bonds. The summed E-state index contributed by atoms with van der Waals surface area (Å²) in [6, 6.07) is 0.471. The van der Waals surface area contributed by atoms with Crippen LogP contribution in [-0.2, 0) is 4.74 Å².